The smallest absolute Gasteiger partial charge is 0.279 e. The van der Waals surface area contributed by atoms with Gasteiger partial charge in [0.25, 0.3) is 5.91 Å². The van der Waals surface area contributed by atoms with Crippen LogP contribution in [0.2, 0.25) is 0 Å². The Kier molecular flexibility index (Phi) is 5.05. The van der Waals surface area contributed by atoms with Crippen LogP contribution < -0.4 is 14.3 Å². The highest BCUT2D eigenvalue weighted by atomic mass is 32.1. The molecule has 0 N–H and O–H groups in total. The molecule has 0 atom stereocenters. The summed E-state index contributed by atoms with van der Waals surface area (Å²) < 4.78 is 26.2. The molecule has 0 aliphatic rings. The standard InChI is InChI=1S/C19H15FN2O3S/c1-4-9-22-14-7-6-13(20)11-17(14)26-19(22)21-18(23)12-5-8-15(24-2)16(10-12)25-3/h1,5-8,10-11H,9H2,2-3H3. The van der Waals surface area contributed by atoms with E-state index in [2.05, 4.69) is 10.9 Å². The molecule has 1 heterocycles. The predicted molar refractivity (Wildman–Crippen MR) is 98.0 cm³/mol. The van der Waals surface area contributed by atoms with Crippen LogP contribution in [0, 0.1) is 18.2 Å². The number of rotatable bonds is 4. The van der Waals surface area contributed by atoms with Crippen molar-refractivity contribution in [2.24, 2.45) is 4.99 Å². The Hall–Kier alpha value is -3.11. The van der Waals surface area contributed by atoms with Gasteiger partial charge >= 0.3 is 0 Å². The van der Waals surface area contributed by atoms with Crippen LogP contribution in [0.4, 0.5) is 4.39 Å². The molecule has 0 aliphatic carbocycles. The molecule has 0 fully saturated rings. The third-order valence-corrected chi connectivity index (χ3v) is 4.76. The predicted octanol–water partition coefficient (Wildman–Crippen LogP) is 3.23. The van der Waals surface area contributed by atoms with Gasteiger partial charge in [0.2, 0.25) is 0 Å². The van der Waals surface area contributed by atoms with Gasteiger partial charge in [0.15, 0.2) is 16.3 Å². The lowest BCUT2D eigenvalue weighted by Gasteiger charge is -2.07. The number of amides is 1. The molecule has 0 spiro atoms. The fourth-order valence-electron chi connectivity index (χ4n) is 2.50. The van der Waals surface area contributed by atoms with Crippen molar-refractivity contribution in [3.8, 4) is 23.8 Å². The summed E-state index contributed by atoms with van der Waals surface area (Å²) in [6.45, 7) is 0.226. The monoisotopic (exact) mass is 370 g/mol. The molecule has 0 saturated carbocycles. The van der Waals surface area contributed by atoms with Crippen LogP contribution in [0.25, 0.3) is 10.2 Å². The minimum atomic E-state index is -0.455. The van der Waals surface area contributed by atoms with Gasteiger partial charge in [0, 0.05) is 5.56 Å². The number of aromatic nitrogens is 1. The summed E-state index contributed by atoms with van der Waals surface area (Å²) in [5, 5.41) is 0. The van der Waals surface area contributed by atoms with Gasteiger partial charge in [0.05, 0.1) is 31.0 Å². The zero-order valence-corrected chi connectivity index (χ0v) is 15.0. The molecule has 0 radical (unpaired) electrons. The van der Waals surface area contributed by atoms with E-state index in [0.717, 1.165) is 5.52 Å². The van der Waals surface area contributed by atoms with Gasteiger partial charge in [0.1, 0.15) is 5.82 Å². The molecule has 3 aromatic rings. The summed E-state index contributed by atoms with van der Waals surface area (Å²) in [6, 6.07) is 9.17. The molecule has 0 bridgehead atoms. The summed E-state index contributed by atoms with van der Waals surface area (Å²) in [5.74, 6) is 2.67. The van der Waals surface area contributed by atoms with Gasteiger partial charge < -0.3 is 14.0 Å². The highest BCUT2D eigenvalue weighted by Gasteiger charge is 2.12. The van der Waals surface area contributed by atoms with Crippen LogP contribution >= 0.6 is 11.3 Å². The minimum Gasteiger partial charge on any atom is -0.493 e. The topological polar surface area (TPSA) is 52.8 Å². The third-order valence-electron chi connectivity index (χ3n) is 3.72. The van der Waals surface area contributed by atoms with E-state index in [-0.39, 0.29) is 12.4 Å². The number of nitrogens with zero attached hydrogens (tertiary/aromatic N) is 2. The summed E-state index contributed by atoms with van der Waals surface area (Å²) >= 11 is 1.20. The van der Waals surface area contributed by atoms with Crippen molar-refractivity contribution in [2.75, 3.05) is 14.2 Å². The zero-order chi connectivity index (χ0) is 18.7. The average Bonchev–Trinajstić information content (AvgIpc) is 2.97. The number of carbonyl (C=O) groups excluding carboxylic acids is 1. The Labute approximate surface area is 153 Å². The number of carbonyl (C=O) groups is 1. The molecule has 5 nitrogen and oxygen atoms in total. The summed E-state index contributed by atoms with van der Waals surface area (Å²) in [5.41, 5.74) is 1.08. The Morgan fingerprint density at radius 1 is 1.23 bits per heavy atom. The molecule has 0 unspecified atom stereocenters. The number of halogens is 1. The number of thiazole rings is 1. The van der Waals surface area contributed by atoms with Crippen molar-refractivity contribution in [3.63, 3.8) is 0 Å². The van der Waals surface area contributed by atoms with Crippen molar-refractivity contribution in [3.05, 3.63) is 52.6 Å². The van der Waals surface area contributed by atoms with E-state index in [9.17, 15) is 9.18 Å². The van der Waals surface area contributed by atoms with Crippen LogP contribution in [-0.2, 0) is 6.54 Å². The highest BCUT2D eigenvalue weighted by molar-refractivity contribution is 7.16. The number of hydrogen-bond acceptors (Lipinski definition) is 4. The summed E-state index contributed by atoms with van der Waals surface area (Å²) in [4.78, 5) is 17.2. The van der Waals surface area contributed by atoms with Crippen LogP contribution in [-0.4, -0.2) is 24.7 Å². The van der Waals surface area contributed by atoms with Crippen molar-refractivity contribution < 1.29 is 18.7 Å². The Morgan fingerprint density at radius 2 is 2.00 bits per heavy atom. The molecule has 26 heavy (non-hydrogen) atoms. The lowest BCUT2D eigenvalue weighted by atomic mass is 10.2. The van der Waals surface area contributed by atoms with E-state index in [0.29, 0.717) is 26.6 Å². The van der Waals surface area contributed by atoms with E-state index in [4.69, 9.17) is 15.9 Å². The largest absolute Gasteiger partial charge is 0.493 e. The van der Waals surface area contributed by atoms with Gasteiger partial charge in [-0.25, -0.2) is 4.39 Å². The molecule has 1 amide bonds. The molecule has 2 aromatic carbocycles. The lowest BCUT2D eigenvalue weighted by Crippen LogP contribution is -2.16. The van der Waals surface area contributed by atoms with E-state index in [1.54, 1.807) is 28.8 Å². The fraction of sp³-hybridized carbons (Fsp3) is 0.158. The lowest BCUT2D eigenvalue weighted by molar-refractivity contribution is 0.0997. The number of benzene rings is 2. The second-order valence-corrected chi connectivity index (χ2v) is 6.28. The quantitative estimate of drug-likeness (QED) is 0.663. The Balaban J connectivity index is 2.11. The van der Waals surface area contributed by atoms with Crippen LogP contribution in [0.5, 0.6) is 11.5 Å². The second-order valence-electron chi connectivity index (χ2n) is 5.27. The van der Waals surface area contributed by atoms with E-state index in [1.807, 2.05) is 0 Å². The number of hydrogen-bond donors (Lipinski definition) is 0. The maximum Gasteiger partial charge on any atom is 0.279 e. The van der Waals surface area contributed by atoms with Gasteiger partial charge in [-0.05, 0) is 36.4 Å². The first-order chi connectivity index (χ1) is 12.6. The first kappa shape index (κ1) is 17.7. The number of terminal acetylenes is 1. The molecule has 0 aliphatic heterocycles. The van der Waals surface area contributed by atoms with Gasteiger partial charge in [-0.2, -0.15) is 4.99 Å². The van der Waals surface area contributed by atoms with Crippen molar-refractivity contribution in [1.29, 1.82) is 0 Å². The first-order valence-electron chi connectivity index (χ1n) is 7.61. The molecule has 1 aromatic heterocycles. The SMILES string of the molecule is C#CCn1c(=NC(=O)c2ccc(OC)c(OC)c2)sc2cc(F)ccc21. The van der Waals surface area contributed by atoms with Crippen LogP contribution in [0.15, 0.2) is 41.4 Å². The van der Waals surface area contributed by atoms with Crippen molar-refractivity contribution >= 4 is 27.5 Å². The fourth-order valence-corrected chi connectivity index (χ4v) is 3.55. The minimum absolute atomic E-state index is 0.226. The maximum absolute atomic E-state index is 13.5. The second kappa shape index (κ2) is 7.42. The molecular weight excluding hydrogens is 355 g/mol. The maximum atomic E-state index is 13.5. The van der Waals surface area contributed by atoms with E-state index >= 15 is 0 Å². The van der Waals surface area contributed by atoms with Crippen molar-refractivity contribution in [1.82, 2.24) is 4.57 Å². The molecular formula is C19H15FN2O3S. The Bertz CT molecular complexity index is 1090. The third kappa shape index (κ3) is 3.32. The zero-order valence-electron chi connectivity index (χ0n) is 14.2. The Morgan fingerprint density at radius 3 is 2.69 bits per heavy atom. The highest BCUT2D eigenvalue weighted by Crippen LogP contribution is 2.27. The number of fused-ring (bicyclic) bond motifs is 1. The van der Waals surface area contributed by atoms with E-state index in [1.165, 1.54) is 37.7 Å². The molecule has 132 valence electrons. The van der Waals surface area contributed by atoms with Gasteiger partial charge in [-0.15, -0.1) is 6.42 Å². The first-order valence-corrected chi connectivity index (χ1v) is 8.42. The van der Waals surface area contributed by atoms with Crippen molar-refractivity contribution in [2.45, 2.75) is 6.54 Å². The van der Waals surface area contributed by atoms with Gasteiger partial charge in [-0.3, -0.25) is 4.79 Å². The molecule has 3 rings (SSSR count). The normalized spacial score (nSPS) is 11.4. The summed E-state index contributed by atoms with van der Waals surface area (Å²) in [6.07, 6.45) is 5.42. The van der Waals surface area contributed by atoms with Gasteiger partial charge in [-0.1, -0.05) is 17.3 Å². The molecule has 0 saturated heterocycles. The summed E-state index contributed by atoms with van der Waals surface area (Å²) in [7, 11) is 3.01. The number of ether oxygens (including phenoxy) is 2. The van der Waals surface area contributed by atoms with Crippen LogP contribution in [0.1, 0.15) is 10.4 Å². The van der Waals surface area contributed by atoms with E-state index < -0.39 is 5.91 Å². The van der Waals surface area contributed by atoms with Crippen LogP contribution in [0.3, 0.4) is 0 Å². The molecule has 7 heteroatoms. The average molecular weight is 370 g/mol. The number of methoxy groups -OCH3 is 2.